The van der Waals surface area contributed by atoms with Gasteiger partial charge in [0.05, 0.1) is 17.3 Å². The molecule has 0 spiro atoms. The van der Waals surface area contributed by atoms with Gasteiger partial charge in [0.25, 0.3) is 0 Å². The van der Waals surface area contributed by atoms with E-state index in [2.05, 4.69) is 19.9 Å². The lowest BCUT2D eigenvalue weighted by atomic mass is 10.2. The quantitative estimate of drug-likeness (QED) is 0.454. The Balaban J connectivity index is 1.40. The Hall–Kier alpha value is -3.48. The molecule has 10 nitrogen and oxygen atoms in total. The molecule has 0 aliphatic carbocycles. The Morgan fingerprint density at radius 2 is 1.91 bits per heavy atom. The third-order valence-corrected chi connectivity index (χ3v) is 8.26. The molecule has 0 radical (unpaired) electrons. The summed E-state index contributed by atoms with van der Waals surface area (Å²) in [6.07, 6.45) is 4.40. The second-order valence-corrected chi connectivity index (χ2v) is 10.2. The monoisotopic (exact) mass is 482 g/mol. The first-order valence-electron chi connectivity index (χ1n) is 10.00. The standard InChI is InChI=1S/C21H18N6O4S2/c28-21(29)17-12-26(19-11-23-16-10-22-13-24-20(16)25-19)7-8-27(17)33(30,31)15-5-3-14(4-6-15)18-2-1-9-32-18/h1-6,9-11,13,17H,7-8,12H2,(H,28,29)/t17-/m1/s1. The van der Waals surface area contributed by atoms with Crippen LogP contribution >= 0.6 is 11.3 Å². The van der Waals surface area contributed by atoms with Gasteiger partial charge in [0.2, 0.25) is 10.0 Å². The van der Waals surface area contributed by atoms with Crippen molar-refractivity contribution in [2.45, 2.75) is 10.9 Å². The fraction of sp³-hybridized carbons (Fsp3) is 0.190. The van der Waals surface area contributed by atoms with E-state index in [1.807, 2.05) is 17.5 Å². The van der Waals surface area contributed by atoms with Gasteiger partial charge in [-0.3, -0.25) is 4.79 Å². The first-order valence-corrected chi connectivity index (χ1v) is 12.3. The highest BCUT2D eigenvalue weighted by atomic mass is 32.2. The zero-order valence-electron chi connectivity index (χ0n) is 17.1. The molecular formula is C21H18N6O4S2. The van der Waals surface area contributed by atoms with Crippen molar-refractivity contribution in [3.05, 3.63) is 60.5 Å². The predicted molar refractivity (Wildman–Crippen MR) is 122 cm³/mol. The zero-order chi connectivity index (χ0) is 23.0. The molecule has 33 heavy (non-hydrogen) atoms. The Morgan fingerprint density at radius 1 is 1.09 bits per heavy atom. The number of carbonyl (C=O) groups is 1. The summed E-state index contributed by atoms with van der Waals surface area (Å²) >= 11 is 1.56. The van der Waals surface area contributed by atoms with E-state index in [1.165, 1.54) is 30.9 Å². The summed E-state index contributed by atoms with van der Waals surface area (Å²) in [4.78, 5) is 31.5. The van der Waals surface area contributed by atoms with E-state index in [-0.39, 0.29) is 24.5 Å². The molecule has 0 saturated carbocycles. The van der Waals surface area contributed by atoms with Crippen LogP contribution in [0.25, 0.3) is 21.6 Å². The number of hydrogen-bond donors (Lipinski definition) is 1. The number of sulfonamides is 1. The van der Waals surface area contributed by atoms with Crippen LogP contribution in [0.5, 0.6) is 0 Å². The average molecular weight is 483 g/mol. The van der Waals surface area contributed by atoms with Crippen molar-refractivity contribution in [3.63, 3.8) is 0 Å². The van der Waals surface area contributed by atoms with Crippen molar-refractivity contribution < 1.29 is 18.3 Å². The van der Waals surface area contributed by atoms with Crippen LogP contribution in [0.4, 0.5) is 5.82 Å². The summed E-state index contributed by atoms with van der Waals surface area (Å²) in [6, 6.07) is 9.11. The van der Waals surface area contributed by atoms with Gasteiger partial charge in [0.15, 0.2) is 5.65 Å². The molecule has 1 atom stereocenters. The molecule has 4 aromatic rings. The molecule has 12 heteroatoms. The third-order valence-electron chi connectivity index (χ3n) is 5.42. The van der Waals surface area contributed by atoms with Gasteiger partial charge in [-0.15, -0.1) is 11.3 Å². The zero-order valence-corrected chi connectivity index (χ0v) is 18.8. The first kappa shape index (κ1) is 21.4. The number of aliphatic carboxylic acids is 1. The Labute approximate surface area is 193 Å². The van der Waals surface area contributed by atoms with Gasteiger partial charge in [0.1, 0.15) is 23.7 Å². The second kappa shape index (κ2) is 8.46. The molecule has 3 aromatic heterocycles. The van der Waals surface area contributed by atoms with Crippen LogP contribution in [-0.4, -0.2) is 69.4 Å². The van der Waals surface area contributed by atoms with Crippen molar-refractivity contribution in [1.29, 1.82) is 0 Å². The Bertz CT molecular complexity index is 1410. The average Bonchev–Trinajstić information content (AvgIpc) is 3.38. The fourth-order valence-electron chi connectivity index (χ4n) is 3.74. The van der Waals surface area contributed by atoms with Gasteiger partial charge in [-0.1, -0.05) is 18.2 Å². The minimum Gasteiger partial charge on any atom is -0.480 e. The van der Waals surface area contributed by atoms with Crippen LogP contribution in [0.15, 0.2) is 65.4 Å². The normalized spacial score (nSPS) is 17.3. The van der Waals surface area contributed by atoms with E-state index < -0.39 is 22.0 Å². The van der Waals surface area contributed by atoms with Crippen molar-refractivity contribution >= 4 is 44.3 Å². The number of carboxylic acid groups (broad SMARTS) is 1. The number of anilines is 1. The molecule has 1 aromatic carbocycles. The molecular weight excluding hydrogens is 464 g/mol. The van der Waals surface area contributed by atoms with Gasteiger partial charge in [-0.05, 0) is 29.1 Å². The highest BCUT2D eigenvalue weighted by molar-refractivity contribution is 7.89. The lowest BCUT2D eigenvalue weighted by molar-refractivity contribution is -0.141. The molecule has 1 aliphatic heterocycles. The second-order valence-electron chi connectivity index (χ2n) is 7.38. The summed E-state index contributed by atoms with van der Waals surface area (Å²) < 4.78 is 27.7. The molecule has 1 N–H and O–H groups in total. The number of aromatic nitrogens is 4. The van der Waals surface area contributed by atoms with Crippen molar-refractivity contribution in [2.75, 3.05) is 24.5 Å². The Morgan fingerprint density at radius 3 is 2.64 bits per heavy atom. The maximum Gasteiger partial charge on any atom is 0.323 e. The topological polar surface area (TPSA) is 129 Å². The minimum atomic E-state index is -4.01. The number of hydrogen-bond acceptors (Lipinski definition) is 9. The molecule has 4 heterocycles. The number of nitrogens with zero attached hydrogens (tertiary/aromatic N) is 6. The molecule has 1 fully saturated rings. The number of thiophene rings is 1. The van der Waals surface area contributed by atoms with E-state index in [0.717, 1.165) is 14.7 Å². The molecule has 0 unspecified atom stereocenters. The van der Waals surface area contributed by atoms with E-state index in [1.54, 1.807) is 28.4 Å². The minimum absolute atomic E-state index is 0.00450. The summed E-state index contributed by atoms with van der Waals surface area (Å²) in [5, 5.41) is 11.8. The van der Waals surface area contributed by atoms with Crippen LogP contribution in [0.1, 0.15) is 0 Å². The molecule has 0 amide bonds. The Kier molecular flexibility index (Phi) is 5.48. The molecule has 5 rings (SSSR count). The van der Waals surface area contributed by atoms with E-state index in [0.29, 0.717) is 17.0 Å². The summed E-state index contributed by atoms with van der Waals surface area (Å²) in [6.45, 7) is 0.199. The number of rotatable bonds is 5. The SMILES string of the molecule is O=C(O)[C@H]1CN(c2cnc3cncnc3n2)CCN1S(=O)(=O)c1ccc(-c2cccs2)cc1. The van der Waals surface area contributed by atoms with E-state index >= 15 is 0 Å². The maximum atomic E-state index is 13.3. The predicted octanol–water partition coefficient (Wildman–Crippen LogP) is 2.11. The molecule has 0 bridgehead atoms. The first-order chi connectivity index (χ1) is 15.9. The van der Waals surface area contributed by atoms with Crippen molar-refractivity contribution in [3.8, 4) is 10.4 Å². The van der Waals surface area contributed by atoms with Crippen LogP contribution in [-0.2, 0) is 14.8 Å². The van der Waals surface area contributed by atoms with Gasteiger partial charge in [-0.2, -0.15) is 4.31 Å². The van der Waals surface area contributed by atoms with Crippen LogP contribution in [0, 0.1) is 0 Å². The number of piperazine rings is 1. The van der Waals surface area contributed by atoms with Gasteiger partial charge >= 0.3 is 5.97 Å². The van der Waals surface area contributed by atoms with E-state index in [4.69, 9.17) is 0 Å². The summed E-state index contributed by atoms with van der Waals surface area (Å²) in [5.41, 5.74) is 1.81. The summed E-state index contributed by atoms with van der Waals surface area (Å²) in [5.74, 6) is -0.792. The molecule has 1 aliphatic rings. The number of fused-ring (bicyclic) bond motifs is 1. The van der Waals surface area contributed by atoms with Gasteiger partial charge < -0.3 is 10.0 Å². The van der Waals surface area contributed by atoms with Gasteiger partial charge in [-0.25, -0.2) is 28.4 Å². The van der Waals surface area contributed by atoms with Crippen molar-refractivity contribution in [2.24, 2.45) is 0 Å². The third kappa shape index (κ3) is 4.03. The lowest BCUT2D eigenvalue weighted by Crippen LogP contribution is -2.58. The highest BCUT2D eigenvalue weighted by Gasteiger charge is 2.40. The largest absolute Gasteiger partial charge is 0.480 e. The van der Waals surface area contributed by atoms with Crippen molar-refractivity contribution in [1.82, 2.24) is 24.2 Å². The van der Waals surface area contributed by atoms with E-state index in [9.17, 15) is 18.3 Å². The van der Waals surface area contributed by atoms with Crippen LogP contribution in [0.2, 0.25) is 0 Å². The van der Waals surface area contributed by atoms with Crippen LogP contribution in [0.3, 0.4) is 0 Å². The smallest absolute Gasteiger partial charge is 0.323 e. The van der Waals surface area contributed by atoms with Gasteiger partial charge in [0, 0.05) is 24.5 Å². The number of benzene rings is 1. The maximum absolute atomic E-state index is 13.3. The lowest BCUT2D eigenvalue weighted by Gasteiger charge is -2.38. The highest BCUT2D eigenvalue weighted by Crippen LogP contribution is 2.28. The molecule has 1 saturated heterocycles. The summed E-state index contributed by atoms with van der Waals surface area (Å²) in [7, 11) is -4.01. The van der Waals surface area contributed by atoms with Crippen LogP contribution < -0.4 is 4.90 Å². The molecule has 168 valence electrons. The fourth-order valence-corrected chi connectivity index (χ4v) is 6.04. The number of carboxylic acids is 1.